The van der Waals surface area contributed by atoms with Crippen molar-refractivity contribution in [3.63, 3.8) is 0 Å². The molecule has 0 heterocycles. The summed E-state index contributed by atoms with van der Waals surface area (Å²) < 4.78 is 5.97. The van der Waals surface area contributed by atoms with E-state index in [1.54, 1.807) is 12.1 Å². The van der Waals surface area contributed by atoms with Crippen molar-refractivity contribution in [2.75, 3.05) is 0 Å². The van der Waals surface area contributed by atoms with Gasteiger partial charge in [-0.05, 0) is 49.8 Å². The smallest absolute Gasteiger partial charge is 0.338 e. The van der Waals surface area contributed by atoms with Crippen LogP contribution in [-0.4, -0.2) is 23.1 Å². The lowest BCUT2D eigenvalue weighted by atomic mass is 9.88. The highest BCUT2D eigenvalue weighted by atomic mass is 16.5. The predicted octanol–water partition coefficient (Wildman–Crippen LogP) is 6.88. The number of rotatable bonds is 15. The normalized spacial score (nSPS) is 13.1. The predicted molar refractivity (Wildman–Crippen MR) is 114 cm³/mol. The summed E-state index contributed by atoms with van der Waals surface area (Å²) in [5.74, 6) is -1.06. The van der Waals surface area contributed by atoms with Crippen molar-refractivity contribution in [2.24, 2.45) is 5.92 Å². The monoisotopic (exact) mass is 390 g/mol. The van der Waals surface area contributed by atoms with E-state index in [1.165, 1.54) is 44.2 Å². The molecule has 1 aromatic carbocycles. The van der Waals surface area contributed by atoms with Crippen molar-refractivity contribution >= 4 is 11.9 Å². The van der Waals surface area contributed by atoms with E-state index >= 15 is 0 Å². The molecule has 0 saturated carbocycles. The number of carbonyl (C=O) groups is 2. The molecule has 0 saturated heterocycles. The Balaban J connectivity index is 2.87. The van der Waals surface area contributed by atoms with E-state index < -0.39 is 11.9 Å². The Morgan fingerprint density at radius 3 is 2.14 bits per heavy atom. The molecule has 1 N–H and O–H groups in total. The van der Waals surface area contributed by atoms with Crippen molar-refractivity contribution in [3.05, 3.63) is 35.4 Å². The molecule has 0 amide bonds. The fourth-order valence-electron chi connectivity index (χ4n) is 3.69. The van der Waals surface area contributed by atoms with Crippen LogP contribution in [0, 0.1) is 5.92 Å². The van der Waals surface area contributed by atoms with Gasteiger partial charge in [-0.1, -0.05) is 71.8 Å². The third-order valence-electron chi connectivity index (χ3n) is 5.31. The van der Waals surface area contributed by atoms with Crippen LogP contribution in [-0.2, 0) is 4.74 Å². The van der Waals surface area contributed by atoms with Gasteiger partial charge in [-0.2, -0.15) is 0 Å². The maximum absolute atomic E-state index is 12.7. The highest BCUT2D eigenvalue weighted by molar-refractivity contribution is 5.94. The third kappa shape index (κ3) is 8.90. The minimum Gasteiger partial charge on any atom is -0.478 e. The Labute approximate surface area is 170 Å². The number of carboxylic acid groups (broad SMARTS) is 1. The van der Waals surface area contributed by atoms with Crippen molar-refractivity contribution in [2.45, 2.75) is 97.5 Å². The number of hydrogen-bond donors (Lipinski definition) is 1. The molecule has 0 spiro atoms. The molecule has 158 valence electrons. The summed E-state index contributed by atoms with van der Waals surface area (Å²) in [6, 6.07) is 6.13. The second-order valence-corrected chi connectivity index (χ2v) is 7.72. The lowest BCUT2D eigenvalue weighted by Crippen LogP contribution is -2.27. The number of carboxylic acids is 1. The van der Waals surface area contributed by atoms with E-state index in [-0.39, 0.29) is 11.7 Å². The Hall–Kier alpha value is -1.84. The molecule has 0 aliphatic heterocycles. The second kappa shape index (κ2) is 14.2. The van der Waals surface area contributed by atoms with E-state index in [4.69, 9.17) is 9.84 Å². The van der Waals surface area contributed by atoms with Crippen LogP contribution in [0.5, 0.6) is 0 Å². The quantitative estimate of drug-likeness (QED) is 0.262. The van der Waals surface area contributed by atoms with Crippen molar-refractivity contribution in [1.29, 1.82) is 0 Å². The van der Waals surface area contributed by atoms with E-state index in [0.29, 0.717) is 11.5 Å². The molecule has 0 aliphatic rings. The van der Waals surface area contributed by atoms with Crippen molar-refractivity contribution < 1.29 is 19.4 Å². The fourth-order valence-corrected chi connectivity index (χ4v) is 3.69. The third-order valence-corrected chi connectivity index (χ3v) is 5.31. The summed E-state index contributed by atoms with van der Waals surface area (Å²) in [5, 5.41) is 9.17. The van der Waals surface area contributed by atoms with Gasteiger partial charge in [0.1, 0.15) is 6.10 Å². The van der Waals surface area contributed by atoms with E-state index in [2.05, 4.69) is 20.8 Å². The number of carbonyl (C=O) groups excluding carboxylic acids is 1. The van der Waals surface area contributed by atoms with Crippen molar-refractivity contribution in [3.8, 4) is 0 Å². The largest absolute Gasteiger partial charge is 0.478 e. The Morgan fingerprint density at radius 1 is 0.857 bits per heavy atom. The lowest BCUT2D eigenvalue weighted by molar-refractivity contribution is 0.00677. The summed E-state index contributed by atoms with van der Waals surface area (Å²) in [6.07, 6.45) is 12.2. The molecule has 1 aromatic rings. The molecule has 0 fully saturated rings. The van der Waals surface area contributed by atoms with Crippen LogP contribution in [0.25, 0.3) is 0 Å². The molecule has 28 heavy (non-hydrogen) atoms. The molecule has 2 atom stereocenters. The molecule has 0 aromatic heterocycles. The van der Waals surface area contributed by atoms with Crippen LogP contribution >= 0.6 is 0 Å². The summed E-state index contributed by atoms with van der Waals surface area (Å²) in [6.45, 7) is 6.57. The molecular formula is C24H38O4. The topological polar surface area (TPSA) is 63.6 Å². The van der Waals surface area contributed by atoms with Gasteiger partial charge >= 0.3 is 11.9 Å². The minimum atomic E-state index is -1.03. The number of aromatic carboxylic acids is 1. The van der Waals surface area contributed by atoms with Crippen LogP contribution in [0.3, 0.4) is 0 Å². The number of esters is 1. The van der Waals surface area contributed by atoms with Gasteiger partial charge in [0, 0.05) is 0 Å². The van der Waals surface area contributed by atoms with Gasteiger partial charge in [0.05, 0.1) is 11.1 Å². The molecule has 0 bridgehead atoms. The standard InChI is InChI=1S/C24H38O4/c1-4-7-9-11-17-22(19(13-6-3)14-10-8-5-2)28-24(27)21-16-12-15-20(18-21)23(25)26/h12,15-16,18-19,22H,4-11,13-14,17H2,1-3H3,(H,25,26). The van der Waals surface area contributed by atoms with Gasteiger partial charge in [0.2, 0.25) is 0 Å². The highest BCUT2D eigenvalue weighted by Gasteiger charge is 2.25. The fraction of sp³-hybridized carbons (Fsp3) is 0.667. The van der Waals surface area contributed by atoms with Crippen LogP contribution in [0.4, 0.5) is 0 Å². The average molecular weight is 391 g/mol. The van der Waals surface area contributed by atoms with Crippen LogP contribution < -0.4 is 0 Å². The molecule has 4 nitrogen and oxygen atoms in total. The van der Waals surface area contributed by atoms with Gasteiger partial charge in [0.25, 0.3) is 0 Å². The molecule has 1 rings (SSSR count). The van der Waals surface area contributed by atoms with Crippen molar-refractivity contribution in [1.82, 2.24) is 0 Å². The van der Waals surface area contributed by atoms with Crippen LogP contribution in [0.15, 0.2) is 24.3 Å². The first-order valence-electron chi connectivity index (χ1n) is 11.1. The van der Waals surface area contributed by atoms with Gasteiger partial charge in [-0.15, -0.1) is 0 Å². The summed E-state index contributed by atoms with van der Waals surface area (Å²) in [4.78, 5) is 23.9. The zero-order chi connectivity index (χ0) is 20.8. The van der Waals surface area contributed by atoms with Gasteiger partial charge in [-0.3, -0.25) is 0 Å². The number of hydrogen-bond acceptors (Lipinski definition) is 3. The minimum absolute atomic E-state index is 0.0883. The van der Waals surface area contributed by atoms with E-state index in [0.717, 1.165) is 38.5 Å². The molecular weight excluding hydrogens is 352 g/mol. The Bertz CT molecular complexity index is 582. The molecule has 0 radical (unpaired) electrons. The summed E-state index contributed by atoms with van der Waals surface area (Å²) in [7, 11) is 0. The molecule has 0 aliphatic carbocycles. The highest BCUT2D eigenvalue weighted by Crippen LogP contribution is 2.27. The summed E-state index contributed by atoms with van der Waals surface area (Å²) >= 11 is 0. The van der Waals surface area contributed by atoms with E-state index in [9.17, 15) is 9.59 Å². The maximum Gasteiger partial charge on any atom is 0.338 e. The summed E-state index contributed by atoms with van der Waals surface area (Å²) in [5.41, 5.74) is 0.435. The number of ether oxygens (including phenoxy) is 1. The first kappa shape index (κ1) is 24.2. The second-order valence-electron chi connectivity index (χ2n) is 7.72. The zero-order valence-electron chi connectivity index (χ0n) is 17.9. The number of benzene rings is 1. The Kier molecular flexibility index (Phi) is 12.3. The lowest BCUT2D eigenvalue weighted by Gasteiger charge is -2.27. The Morgan fingerprint density at radius 2 is 1.50 bits per heavy atom. The van der Waals surface area contributed by atoms with Gasteiger partial charge < -0.3 is 9.84 Å². The first-order chi connectivity index (χ1) is 13.5. The van der Waals surface area contributed by atoms with E-state index in [1.807, 2.05) is 0 Å². The van der Waals surface area contributed by atoms with Gasteiger partial charge in [0.15, 0.2) is 0 Å². The van der Waals surface area contributed by atoms with Gasteiger partial charge in [-0.25, -0.2) is 9.59 Å². The molecule has 4 heteroatoms. The average Bonchev–Trinajstić information content (AvgIpc) is 2.69. The maximum atomic E-state index is 12.7. The zero-order valence-corrected chi connectivity index (χ0v) is 17.9. The molecule has 2 unspecified atom stereocenters. The van der Waals surface area contributed by atoms with Crippen LogP contribution in [0.2, 0.25) is 0 Å². The van der Waals surface area contributed by atoms with Crippen LogP contribution in [0.1, 0.15) is 112 Å². The number of unbranched alkanes of at least 4 members (excludes halogenated alkanes) is 5. The SMILES string of the molecule is CCCCCCC(OC(=O)c1cccc(C(=O)O)c1)C(CCC)CCCCC. The first-order valence-corrected chi connectivity index (χ1v) is 11.1.